The summed E-state index contributed by atoms with van der Waals surface area (Å²) < 4.78 is 28.9. The van der Waals surface area contributed by atoms with Gasteiger partial charge < -0.3 is 14.9 Å². The Balaban J connectivity index is 0.000000194. The van der Waals surface area contributed by atoms with Gasteiger partial charge in [-0.3, -0.25) is 4.79 Å². The molecule has 0 saturated heterocycles. The van der Waals surface area contributed by atoms with E-state index in [1.807, 2.05) is 0 Å². The van der Waals surface area contributed by atoms with Gasteiger partial charge in [-0.15, -0.1) is 0 Å². The molecule has 3 rings (SSSR count). The summed E-state index contributed by atoms with van der Waals surface area (Å²) in [6, 6.07) is 12.3. The summed E-state index contributed by atoms with van der Waals surface area (Å²) in [4.78, 5) is 15.0. The molecule has 2 N–H and O–H groups in total. The van der Waals surface area contributed by atoms with Crippen LogP contribution in [0.4, 0.5) is 8.78 Å². The number of aromatic nitrogens is 2. The number of carbonyl (C=O) groups is 1. The summed E-state index contributed by atoms with van der Waals surface area (Å²) in [5, 5.41) is 15.2. The van der Waals surface area contributed by atoms with Crippen molar-refractivity contribution in [1.82, 2.24) is 15.5 Å². The summed E-state index contributed by atoms with van der Waals surface area (Å²) >= 11 is 5.65. The predicted molar refractivity (Wildman–Crippen MR) is 95.6 cm³/mol. The number of benzene rings is 2. The van der Waals surface area contributed by atoms with Gasteiger partial charge in [0.15, 0.2) is 0 Å². The van der Waals surface area contributed by atoms with Crippen LogP contribution < -0.4 is 5.32 Å². The number of hydrogen-bond acceptors (Lipinski definition) is 5. The second-order valence-corrected chi connectivity index (χ2v) is 5.60. The third kappa shape index (κ3) is 6.43. The summed E-state index contributed by atoms with van der Waals surface area (Å²) in [5.74, 6) is 0.191. The minimum atomic E-state index is -2.45. The average molecular weight is 396 g/mol. The lowest BCUT2D eigenvalue weighted by molar-refractivity contribution is 0.0944. The highest BCUT2D eigenvalue weighted by Gasteiger charge is 2.08. The maximum Gasteiger partial charge on any atom is 0.263 e. The fourth-order valence-electron chi connectivity index (χ4n) is 1.95. The average Bonchev–Trinajstić information content (AvgIpc) is 3.22. The van der Waals surface area contributed by atoms with Crippen LogP contribution in [0.3, 0.4) is 0 Å². The second kappa shape index (κ2) is 10.3. The van der Waals surface area contributed by atoms with Gasteiger partial charge in [0.2, 0.25) is 12.2 Å². The Morgan fingerprint density at radius 3 is 2.33 bits per heavy atom. The number of aliphatic hydroxyl groups excluding tert-OH is 1. The molecule has 0 bridgehead atoms. The zero-order valence-electron chi connectivity index (χ0n) is 14.0. The molecule has 0 fully saturated rings. The fraction of sp³-hybridized carbons (Fsp3) is 0.167. The summed E-state index contributed by atoms with van der Waals surface area (Å²) in [6.07, 6.45) is -1.26. The van der Waals surface area contributed by atoms with E-state index in [1.54, 1.807) is 24.3 Å². The molecule has 6 nitrogen and oxygen atoms in total. The van der Waals surface area contributed by atoms with Crippen molar-refractivity contribution in [3.8, 4) is 11.4 Å². The summed E-state index contributed by atoms with van der Waals surface area (Å²) in [7, 11) is 0. The molecular weight excluding hydrogens is 380 g/mol. The van der Waals surface area contributed by atoms with Gasteiger partial charge in [0.05, 0.1) is 6.61 Å². The second-order valence-electron chi connectivity index (χ2n) is 5.16. The molecule has 3 aromatic rings. The Kier molecular flexibility index (Phi) is 7.84. The Morgan fingerprint density at radius 1 is 1.15 bits per heavy atom. The van der Waals surface area contributed by atoms with Gasteiger partial charge in [-0.1, -0.05) is 41.0 Å². The number of halogens is 3. The van der Waals surface area contributed by atoms with Gasteiger partial charge in [-0.05, 0) is 24.3 Å². The van der Waals surface area contributed by atoms with Crippen molar-refractivity contribution < 1.29 is 23.2 Å². The molecule has 9 heteroatoms. The van der Waals surface area contributed by atoms with E-state index >= 15 is 0 Å². The zero-order valence-corrected chi connectivity index (χ0v) is 14.7. The summed E-state index contributed by atoms with van der Waals surface area (Å²) in [5.41, 5.74) is 1.18. The van der Waals surface area contributed by atoms with Gasteiger partial charge in [-0.25, -0.2) is 8.78 Å². The van der Waals surface area contributed by atoms with Crippen molar-refractivity contribution in [2.75, 3.05) is 13.2 Å². The Morgan fingerprint density at radius 2 is 1.81 bits per heavy atom. The minimum Gasteiger partial charge on any atom is -0.395 e. The van der Waals surface area contributed by atoms with Gasteiger partial charge >= 0.3 is 0 Å². The molecule has 27 heavy (non-hydrogen) atoms. The van der Waals surface area contributed by atoms with Crippen LogP contribution in [0.5, 0.6) is 0 Å². The number of nitrogens with one attached hydrogen (secondary N) is 1. The molecule has 0 atom stereocenters. The van der Waals surface area contributed by atoms with Crippen molar-refractivity contribution in [3.05, 3.63) is 71.1 Å². The Bertz CT molecular complexity index is 826. The maximum atomic E-state index is 12.2. The van der Waals surface area contributed by atoms with Crippen LogP contribution in [0.15, 0.2) is 59.4 Å². The molecular formula is C18H16ClF2N3O3. The normalized spacial score (nSPS) is 10.3. The number of alkyl halides is 2. The van der Waals surface area contributed by atoms with Gasteiger partial charge in [0, 0.05) is 28.3 Å². The number of nitrogens with zero attached hydrogens (tertiary/aromatic N) is 2. The largest absolute Gasteiger partial charge is 0.395 e. The summed E-state index contributed by atoms with van der Waals surface area (Å²) in [6.45, 7) is 0.209. The van der Waals surface area contributed by atoms with E-state index in [0.717, 1.165) is 0 Å². The number of aliphatic hydroxyl groups is 1. The highest BCUT2D eigenvalue weighted by atomic mass is 35.5. The van der Waals surface area contributed by atoms with Crippen LogP contribution >= 0.6 is 11.6 Å². The minimum absolute atomic E-state index is 0.0164. The molecule has 2 aromatic carbocycles. The molecule has 0 aliphatic rings. The van der Waals surface area contributed by atoms with E-state index in [0.29, 0.717) is 22.0 Å². The van der Waals surface area contributed by atoms with Crippen LogP contribution in [-0.2, 0) is 0 Å². The topological polar surface area (TPSA) is 88.2 Å². The number of rotatable bonds is 5. The Hall–Kier alpha value is -2.84. The zero-order chi connectivity index (χ0) is 19.6. The molecule has 142 valence electrons. The van der Waals surface area contributed by atoms with Gasteiger partial charge in [0.1, 0.15) is 0 Å². The smallest absolute Gasteiger partial charge is 0.263 e. The number of amides is 1. The van der Waals surface area contributed by atoms with E-state index in [2.05, 4.69) is 20.0 Å². The lowest BCUT2D eigenvalue weighted by Crippen LogP contribution is -2.26. The lowest BCUT2D eigenvalue weighted by Gasteiger charge is -2.02. The number of hydrogen-bond donors (Lipinski definition) is 2. The van der Waals surface area contributed by atoms with Crippen molar-refractivity contribution >= 4 is 17.5 Å². The predicted octanol–water partition coefficient (Wildman–Crippen LogP) is 3.74. The Labute approximate surface area is 158 Å². The first kappa shape index (κ1) is 20.5. The van der Waals surface area contributed by atoms with Crippen LogP contribution in [0.2, 0.25) is 5.02 Å². The van der Waals surface area contributed by atoms with E-state index in [1.165, 1.54) is 30.7 Å². The highest BCUT2D eigenvalue weighted by molar-refractivity contribution is 6.30. The SMILES string of the molecule is FC(F)c1ccc(-c2ncon2)cc1.O=C(NCCO)c1ccc(Cl)cc1. The lowest BCUT2D eigenvalue weighted by atomic mass is 10.1. The van der Waals surface area contributed by atoms with Crippen LogP contribution in [-0.4, -0.2) is 34.3 Å². The third-order valence-electron chi connectivity index (χ3n) is 3.29. The first-order valence-electron chi connectivity index (χ1n) is 7.80. The van der Waals surface area contributed by atoms with Crippen molar-refractivity contribution in [3.63, 3.8) is 0 Å². The molecule has 1 aromatic heterocycles. The first-order chi connectivity index (χ1) is 13.0. The van der Waals surface area contributed by atoms with Crippen molar-refractivity contribution in [2.45, 2.75) is 6.43 Å². The third-order valence-corrected chi connectivity index (χ3v) is 3.54. The monoisotopic (exact) mass is 395 g/mol. The first-order valence-corrected chi connectivity index (χ1v) is 8.18. The molecule has 1 heterocycles. The quantitative estimate of drug-likeness (QED) is 0.687. The van der Waals surface area contributed by atoms with Crippen molar-refractivity contribution in [2.24, 2.45) is 0 Å². The van der Waals surface area contributed by atoms with E-state index < -0.39 is 6.43 Å². The standard InChI is InChI=1S/C9H10ClNO2.C9H6F2N2O/c10-8-3-1-7(2-4-8)9(13)11-5-6-12;10-8(11)6-1-3-7(4-2-6)9-12-5-14-13-9/h1-4,12H,5-6H2,(H,11,13);1-5,8H. The van der Waals surface area contributed by atoms with Gasteiger partial charge in [-0.2, -0.15) is 4.98 Å². The van der Waals surface area contributed by atoms with Crippen molar-refractivity contribution in [1.29, 1.82) is 0 Å². The van der Waals surface area contributed by atoms with Crippen LogP contribution in [0.25, 0.3) is 11.4 Å². The van der Waals surface area contributed by atoms with Gasteiger partial charge in [0.25, 0.3) is 12.3 Å². The highest BCUT2D eigenvalue weighted by Crippen LogP contribution is 2.21. The van der Waals surface area contributed by atoms with Crippen LogP contribution in [0.1, 0.15) is 22.3 Å². The molecule has 0 aliphatic heterocycles. The molecule has 0 aliphatic carbocycles. The van der Waals surface area contributed by atoms with Crippen LogP contribution in [0, 0.1) is 0 Å². The van der Waals surface area contributed by atoms with E-state index in [-0.39, 0.29) is 24.6 Å². The maximum absolute atomic E-state index is 12.2. The van der Waals surface area contributed by atoms with E-state index in [9.17, 15) is 13.6 Å². The molecule has 0 saturated carbocycles. The fourth-order valence-corrected chi connectivity index (χ4v) is 2.07. The molecule has 0 radical (unpaired) electrons. The molecule has 0 unspecified atom stereocenters. The molecule has 1 amide bonds. The number of carbonyl (C=O) groups excluding carboxylic acids is 1. The molecule has 0 spiro atoms. The van der Waals surface area contributed by atoms with E-state index in [4.69, 9.17) is 16.7 Å².